The minimum Gasteiger partial charge on any atom is -0.493 e. The highest BCUT2D eigenvalue weighted by atomic mass is 32.2. The van der Waals surface area contributed by atoms with Crippen molar-refractivity contribution in [3.63, 3.8) is 0 Å². The average Bonchev–Trinajstić information content (AvgIpc) is 2.65. The fraction of sp³-hybridized carbons (Fsp3) is 0.200. The van der Waals surface area contributed by atoms with Gasteiger partial charge in [0.15, 0.2) is 17.3 Å². The number of ketones is 1. The summed E-state index contributed by atoms with van der Waals surface area (Å²) < 4.78 is 24.7. The average molecular weight is 390 g/mol. The van der Waals surface area contributed by atoms with Gasteiger partial charge in [-0.15, -0.1) is 11.8 Å². The number of thioether (sulfide) groups is 1. The maximum absolute atomic E-state index is 14.0. The van der Waals surface area contributed by atoms with Gasteiger partial charge in [-0.1, -0.05) is 12.1 Å². The smallest absolute Gasteiger partial charge is 0.313 e. The van der Waals surface area contributed by atoms with Crippen LogP contribution in [0.3, 0.4) is 0 Å². The van der Waals surface area contributed by atoms with Crippen LogP contribution in [-0.4, -0.2) is 36.3 Å². The molecule has 2 rings (SSSR count). The largest absolute Gasteiger partial charge is 0.493 e. The molecular formula is C20H19FO5S. The lowest BCUT2D eigenvalue weighted by Gasteiger charge is -2.09. The maximum Gasteiger partial charge on any atom is 0.313 e. The predicted molar refractivity (Wildman–Crippen MR) is 102 cm³/mol. The monoisotopic (exact) mass is 390 g/mol. The molecule has 0 bridgehead atoms. The van der Waals surface area contributed by atoms with E-state index < -0.39 is 11.8 Å². The molecule has 5 nitrogen and oxygen atoms in total. The molecule has 7 heteroatoms. The number of ether oxygens (including phenoxy) is 2. The van der Waals surface area contributed by atoms with E-state index in [0.717, 1.165) is 23.4 Å². The van der Waals surface area contributed by atoms with Crippen LogP contribution in [0.15, 0.2) is 47.4 Å². The molecule has 0 aromatic heterocycles. The van der Waals surface area contributed by atoms with Crippen molar-refractivity contribution in [1.29, 1.82) is 0 Å². The van der Waals surface area contributed by atoms with Crippen LogP contribution in [0.2, 0.25) is 0 Å². The zero-order valence-electron chi connectivity index (χ0n) is 14.9. The Morgan fingerprint density at radius 2 is 1.96 bits per heavy atom. The summed E-state index contributed by atoms with van der Waals surface area (Å²) in [6.45, 7) is 2.34. The summed E-state index contributed by atoms with van der Waals surface area (Å²) >= 11 is 0.866. The number of aliphatic carboxylic acids is 1. The van der Waals surface area contributed by atoms with Gasteiger partial charge in [0.05, 0.1) is 19.5 Å². The van der Waals surface area contributed by atoms with Crippen LogP contribution in [0.1, 0.15) is 22.8 Å². The van der Waals surface area contributed by atoms with Gasteiger partial charge in [0.1, 0.15) is 5.82 Å². The molecule has 0 fully saturated rings. The minimum atomic E-state index is -1.03. The third kappa shape index (κ3) is 5.86. The Labute approximate surface area is 160 Å². The van der Waals surface area contributed by atoms with Crippen molar-refractivity contribution in [2.24, 2.45) is 0 Å². The maximum atomic E-state index is 14.0. The number of benzene rings is 2. The number of carbonyl (C=O) groups excluding carboxylic acids is 1. The second-order valence-electron chi connectivity index (χ2n) is 5.37. The third-order valence-corrected chi connectivity index (χ3v) is 4.52. The molecule has 0 unspecified atom stereocenters. The summed E-state index contributed by atoms with van der Waals surface area (Å²) in [5.74, 6) is -1.10. The number of allylic oxidation sites excluding steroid dienone is 1. The van der Waals surface area contributed by atoms with Gasteiger partial charge >= 0.3 is 5.97 Å². The van der Waals surface area contributed by atoms with E-state index in [1.54, 1.807) is 31.4 Å². The molecule has 0 saturated carbocycles. The lowest BCUT2D eigenvalue weighted by Crippen LogP contribution is -2.00. The van der Waals surface area contributed by atoms with E-state index in [4.69, 9.17) is 14.6 Å². The molecule has 27 heavy (non-hydrogen) atoms. The predicted octanol–water partition coefficient (Wildman–Crippen LogP) is 4.31. The Balaban J connectivity index is 2.13. The first-order valence-electron chi connectivity index (χ1n) is 8.12. The minimum absolute atomic E-state index is 0.182. The third-order valence-electron chi connectivity index (χ3n) is 3.48. The number of halogens is 1. The van der Waals surface area contributed by atoms with Crippen LogP contribution in [0.25, 0.3) is 6.08 Å². The van der Waals surface area contributed by atoms with E-state index >= 15 is 0 Å². The van der Waals surface area contributed by atoms with Crippen LogP contribution >= 0.6 is 11.8 Å². The number of rotatable bonds is 9. The van der Waals surface area contributed by atoms with Crippen LogP contribution in [-0.2, 0) is 4.79 Å². The van der Waals surface area contributed by atoms with E-state index in [1.807, 2.05) is 6.92 Å². The number of carboxylic acid groups (broad SMARTS) is 1. The second-order valence-corrected chi connectivity index (χ2v) is 6.39. The Morgan fingerprint density at radius 1 is 1.19 bits per heavy atom. The van der Waals surface area contributed by atoms with E-state index in [9.17, 15) is 14.0 Å². The molecule has 0 amide bonds. The lowest BCUT2D eigenvalue weighted by molar-refractivity contribution is -0.133. The van der Waals surface area contributed by atoms with Crippen molar-refractivity contribution < 1.29 is 28.6 Å². The van der Waals surface area contributed by atoms with Crippen LogP contribution in [0, 0.1) is 5.82 Å². The highest BCUT2D eigenvalue weighted by Gasteiger charge is 2.10. The first kappa shape index (κ1) is 20.5. The van der Waals surface area contributed by atoms with Crippen molar-refractivity contribution in [3.8, 4) is 11.5 Å². The first-order chi connectivity index (χ1) is 12.9. The van der Waals surface area contributed by atoms with Gasteiger partial charge in [0, 0.05) is 10.5 Å². The normalized spacial score (nSPS) is 10.8. The summed E-state index contributed by atoms with van der Waals surface area (Å²) in [7, 11) is 1.55. The highest BCUT2D eigenvalue weighted by molar-refractivity contribution is 8.00. The zero-order valence-corrected chi connectivity index (χ0v) is 15.7. The SMILES string of the molecule is CCOc1cc(/C=C/C(=O)c2ccc(SCC(=O)O)c(F)c2)ccc1OC. The lowest BCUT2D eigenvalue weighted by atomic mass is 10.1. The van der Waals surface area contributed by atoms with Crippen LogP contribution < -0.4 is 9.47 Å². The van der Waals surface area contributed by atoms with Gasteiger partial charge in [0.25, 0.3) is 0 Å². The quantitative estimate of drug-likeness (QED) is 0.391. The van der Waals surface area contributed by atoms with Crippen molar-refractivity contribution in [3.05, 3.63) is 59.4 Å². The van der Waals surface area contributed by atoms with Crippen molar-refractivity contribution >= 4 is 29.6 Å². The molecule has 142 valence electrons. The van der Waals surface area contributed by atoms with Gasteiger partial charge < -0.3 is 14.6 Å². The molecule has 0 saturated heterocycles. The Bertz CT molecular complexity index is 863. The topological polar surface area (TPSA) is 72.8 Å². The molecule has 0 aliphatic rings. The first-order valence-corrected chi connectivity index (χ1v) is 9.10. The van der Waals surface area contributed by atoms with E-state index in [0.29, 0.717) is 18.1 Å². The molecule has 2 aromatic rings. The molecule has 2 aromatic carbocycles. The highest BCUT2D eigenvalue weighted by Crippen LogP contribution is 2.28. The van der Waals surface area contributed by atoms with E-state index in [-0.39, 0.29) is 22.0 Å². The standard InChI is InChI=1S/C20H19FO5S/c1-3-26-18-10-13(5-8-17(18)25-2)4-7-16(22)14-6-9-19(15(21)11-14)27-12-20(23)24/h4-11H,3,12H2,1-2H3,(H,23,24)/b7-4+. The van der Waals surface area contributed by atoms with E-state index in [2.05, 4.69) is 0 Å². The van der Waals surface area contributed by atoms with Gasteiger partial charge in [-0.25, -0.2) is 4.39 Å². The molecule has 1 N–H and O–H groups in total. The molecule has 0 radical (unpaired) electrons. The fourth-order valence-electron chi connectivity index (χ4n) is 2.24. The summed E-state index contributed by atoms with van der Waals surface area (Å²) in [5.41, 5.74) is 0.920. The Kier molecular flexibility index (Phi) is 7.43. The number of methoxy groups -OCH3 is 1. The summed E-state index contributed by atoms with van der Waals surface area (Å²) in [6, 6.07) is 9.25. The molecule has 0 atom stereocenters. The van der Waals surface area contributed by atoms with Crippen molar-refractivity contribution in [2.75, 3.05) is 19.5 Å². The summed E-state index contributed by atoms with van der Waals surface area (Å²) in [5, 5.41) is 8.65. The van der Waals surface area contributed by atoms with Crippen LogP contribution in [0.5, 0.6) is 11.5 Å². The Hall–Kier alpha value is -2.80. The van der Waals surface area contributed by atoms with Gasteiger partial charge in [-0.05, 0) is 48.9 Å². The summed E-state index contributed by atoms with van der Waals surface area (Å²) in [4.78, 5) is 23.0. The zero-order chi connectivity index (χ0) is 19.8. The van der Waals surface area contributed by atoms with E-state index in [1.165, 1.54) is 18.2 Å². The second kappa shape index (κ2) is 9.78. The molecule has 0 aliphatic heterocycles. The summed E-state index contributed by atoms with van der Waals surface area (Å²) in [6.07, 6.45) is 2.95. The fourth-order valence-corrected chi connectivity index (χ4v) is 2.88. The van der Waals surface area contributed by atoms with Crippen molar-refractivity contribution in [1.82, 2.24) is 0 Å². The van der Waals surface area contributed by atoms with Gasteiger partial charge in [-0.2, -0.15) is 0 Å². The number of carbonyl (C=O) groups is 2. The molecule has 0 heterocycles. The van der Waals surface area contributed by atoms with Gasteiger partial charge in [-0.3, -0.25) is 9.59 Å². The van der Waals surface area contributed by atoms with Gasteiger partial charge in [0.2, 0.25) is 0 Å². The molecule has 0 aliphatic carbocycles. The number of hydrogen-bond acceptors (Lipinski definition) is 5. The van der Waals surface area contributed by atoms with Crippen molar-refractivity contribution in [2.45, 2.75) is 11.8 Å². The molecule has 0 spiro atoms. The van der Waals surface area contributed by atoms with Crippen LogP contribution in [0.4, 0.5) is 4.39 Å². The number of carboxylic acids is 1. The number of hydrogen-bond donors (Lipinski definition) is 1. The molecular weight excluding hydrogens is 371 g/mol. The Morgan fingerprint density at radius 3 is 2.59 bits per heavy atom.